The van der Waals surface area contributed by atoms with Crippen molar-refractivity contribution in [2.24, 2.45) is 4.99 Å². The van der Waals surface area contributed by atoms with E-state index < -0.39 is 11.0 Å². The van der Waals surface area contributed by atoms with Gasteiger partial charge in [0.1, 0.15) is 0 Å². The van der Waals surface area contributed by atoms with Crippen molar-refractivity contribution in [1.29, 1.82) is 0 Å². The van der Waals surface area contributed by atoms with Crippen LogP contribution in [0.15, 0.2) is 41.4 Å². The van der Waals surface area contributed by atoms with Crippen LogP contribution in [0, 0.1) is 17.0 Å². The number of aliphatic hydroxyl groups is 1. The van der Waals surface area contributed by atoms with Crippen molar-refractivity contribution in [3.8, 4) is 0 Å². The zero-order valence-corrected chi connectivity index (χ0v) is 19.3. The van der Waals surface area contributed by atoms with Crippen molar-refractivity contribution in [2.45, 2.75) is 25.3 Å². The van der Waals surface area contributed by atoms with Crippen LogP contribution in [0.5, 0.6) is 0 Å². The number of nitrogens with zero attached hydrogens (tertiary/aromatic N) is 3. The van der Waals surface area contributed by atoms with Crippen LogP contribution in [0.4, 0.5) is 0 Å². The predicted molar refractivity (Wildman–Crippen MR) is 126 cm³/mol. The first-order valence-electron chi connectivity index (χ1n) is 9.77. The Kier molecular flexibility index (Phi) is 10.3. The third kappa shape index (κ3) is 8.83. The first-order valence-corrected chi connectivity index (χ1v) is 11.7. The summed E-state index contributed by atoms with van der Waals surface area (Å²) in [5, 5.41) is 24.2. The van der Waals surface area contributed by atoms with Crippen LogP contribution in [0.2, 0.25) is 0 Å². The van der Waals surface area contributed by atoms with Gasteiger partial charge in [0.2, 0.25) is 0 Å². The number of nitro groups is 1. The molecule has 0 saturated heterocycles. The number of hydrogen-bond donors (Lipinski definition) is 2. The molecule has 2 rings (SSSR count). The van der Waals surface area contributed by atoms with Gasteiger partial charge in [0.15, 0.2) is 5.84 Å². The minimum absolute atomic E-state index is 0.0937. The Morgan fingerprint density at radius 3 is 2.77 bits per heavy atom. The van der Waals surface area contributed by atoms with Crippen molar-refractivity contribution >= 4 is 28.9 Å². The highest BCUT2D eigenvalue weighted by atomic mass is 32.2. The highest BCUT2D eigenvalue weighted by Crippen LogP contribution is 2.26. The maximum Gasteiger partial charge on any atom is 0.259 e. The van der Waals surface area contributed by atoms with E-state index in [9.17, 15) is 15.2 Å². The number of amidine groups is 1. The van der Waals surface area contributed by atoms with Crippen LogP contribution in [-0.2, 0) is 12.3 Å². The third-order valence-corrected chi connectivity index (χ3v) is 6.68. The molecule has 0 spiro atoms. The maximum atomic E-state index is 10.9. The van der Waals surface area contributed by atoms with E-state index in [1.165, 1.54) is 15.3 Å². The Balaban J connectivity index is 1.78. The number of hydrogen-bond acceptors (Lipinski definition) is 7. The summed E-state index contributed by atoms with van der Waals surface area (Å²) in [5.41, 5.74) is 2.08. The highest BCUT2D eigenvalue weighted by Gasteiger charge is 2.11. The van der Waals surface area contributed by atoms with Gasteiger partial charge < -0.3 is 15.3 Å². The van der Waals surface area contributed by atoms with Gasteiger partial charge in [-0.25, -0.2) is 0 Å². The molecule has 1 unspecified atom stereocenters. The molecule has 2 aromatic rings. The quantitative estimate of drug-likeness (QED) is 0.169. The monoisotopic (exact) mass is 450 g/mol. The molecule has 0 aliphatic rings. The molecule has 1 aromatic heterocycles. The first kappa shape index (κ1) is 24.3. The van der Waals surface area contributed by atoms with Crippen LogP contribution in [-0.4, -0.2) is 60.2 Å². The van der Waals surface area contributed by atoms with E-state index in [0.717, 1.165) is 23.6 Å². The molecule has 0 aliphatic heterocycles. The molecule has 0 bridgehead atoms. The molecule has 0 amide bonds. The average Bonchev–Trinajstić information content (AvgIpc) is 3.04. The van der Waals surface area contributed by atoms with Gasteiger partial charge in [-0.1, -0.05) is 30.3 Å². The fourth-order valence-electron chi connectivity index (χ4n) is 2.81. The number of nitrogens with one attached hydrogen (secondary N) is 1. The van der Waals surface area contributed by atoms with Gasteiger partial charge in [0.25, 0.3) is 6.54 Å². The molecule has 30 heavy (non-hydrogen) atoms. The number of thioether (sulfide) groups is 1. The Morgan fingerprint density at radius 1 is 1.37 bits per heavy atom. The van der Waals surface area contributed by atoms with Crippen LogP contribution < -0.4 is 5.32 Å². The summed E-state index contributed by atoms with van der Waals surface area (Å²) < 4.78 is 0. The van der Waals surface area contributed by atoms with Gasteiger partial charge in [-0.3, -0.25) is 15.1 Å². The fraction of sp³-hybridized carbons (Fsp3) is 0.476. The molecular formula is C21H30N4O3S2. The summed E-state index contributed by atoms with van der Waals surface area (Å²) in [6, 6.07) is 11.4. The summed E-state index contributed by atoms with van der Waals surface area (Å²) in [6.07, 6.45) is -0.775. The van der Waals surface area contributed by atoms with Gasteiger partial charge in [-0.2, -0.15) is 11.8 Å². The van der Waals surface area contributed by atoms with E-state index in [0.29, 0.717) is 12.4 Å². The van der Waals surface area contributed by atoms with Crippen molar-refractivity contribution in [1.82, 2.24) is 10.2 Å². The molecule has 0 fully saturated rings. The first-order chi connectivity index (χ1) is 14.3. The molecule has 2 N–H and O–H groups in total. The van der Waals surface area contributed by atoms with Gasteiger partial charge >= 0.3 is 0 Å². The van der Waals surface area contributed by atoms with E-state index in [2.05, 4.69) is 42.3 Å². The number of aliphatic hydroxyl groups excluding tert-OH is 1. The van der Waals surface area contributed by atoms with E-state index >= 15 is 0 Å². The SMILES string of the molecule is Cc1cc(CSCCNC(C[N+](=O)[O-])=NCC(O)c2ccccc2)sc1CN(C)C. The number of thiophene rings is 1. The molecule has 7 nitrogen and oxygen atoms in total. The predicted octanol–water partition coefficient (Wildman–Crippen LogP) is 3.35. The van der Waals surface area contributed by atoms with Crippen molar-refractivity contribution in [2.75, 3.05) is 39.5 Å². The van der Waals surface area contributed by atoms with Gasteiger partial charge in [-0.05, 0) is 38.2 Å². The average molecular weight is 451 g/mol. The summed E-state index contributed by atoms with van der Waals surface area (Å²) >= 11 is 3.64. The van der Waals surface area contributed by atoms with E-state index in [4.69, 9.17) is 0 Å². The second kappa shape index (κ2) is 12.7. The van der Waals surface area contributed by atoms with E-state index in [-0.39, 0.29) is 13.1 Å². The largest absolute Gasteiger partial charge is 0.386 e. The number of rotatable bonds is 12. The standard InChI is InChI=1S/C21H30N4O3S2/c1-16-11-18(30-20(16)13-24(2)3)15-29-10-9-22-21(14-25(27)28)23-12-19(26)17-7-5-4-6-8-17/h4-8,11,19,26H,9-10,12-15H2,1-3H3,(H,22,23). The van der Waals surface area contributed by atoms with E-state index in [1.807, 2.05) is 41.7 Å². The van der Waals surface area contributed by atoms with Crippen molar-refractivity contribution < 1.29 is 10.0 Å². The maximum absolute atomic E-state index is 10.9. The molecule has 1 heterocycles. The zero-order valence-electron chi connectivity index (χ0n) is 17.7. The van der Waals surface area contributed by atoms with Crippen LogP contribution >= 0.6 is 23.1 Å². The summed E-state index contributed by atoms with van der Waals surface area (Å²) in [4.78, 5) is 19.7. The smallest absolute Gasteiger partial charge is 0.259 e. The number of aryl methyl sites for hydroxylation is 1. The van der Waals surface area contributed by atoms with Crippen LogP contribution in [0.25, 0.3) is 0 Å². The lowest BCUT2D eigenvalue weighted by Gasteiger charge is -2.10. The molecule has 1 aromatic carbocycles. The van der Waals surface area contributed by atoms with Gasteiger partial charge in [0, 0.05) is 39.3 Å². The molecule has 0 saturated carbocycles. The number of aliphatic imine (C=N–C) groups is 1. The Labute approximate surface area is 186 Å². The minimum Gasteiger partial charge on any atom is -0.386 e. The normalized spacial score (nSPS) is 12.9. The minimum atomic E-state index is -0.775. The second-order valence-corrected chi connectivity index (χ2v) is 9.57. The number of benzene rings is 1. The summed E-state index contributed by atoms with van der Waals surface area (Å²) in [7, 11) is 4.14. The fourth-order valence-corrected chi connectivity index (χ4v) is 5.06. The Morgan fingerprint density at radius 2 is 2.10 bits per heavy atom. The van der Waals surface area contributed by atoms with Gasteiger partial charge in [0.05, 0.1) is 12.6 Å². The zero-order chi connectivity index (χ0) is 21.9. The third-order valence-electron chi connectivity index (χ3n) is 4.27. The van der Waals surface area contributed by atoms with Gasteiger partial charge in [-0.15, -0.1) is 11.3 Å². The van der Waals surface area contributed by atoms with Crippen molar-refractivity contribution in [3.63, 3.8) is 0 Å². The lowest BCUT2D eigenvalue weighted by atomic mass is 10.1. The lowest BCUT2D eigenvalue weighted by molar-refractivity contribution is -0.463. The Hall–Kier alpha value is -1.94. The van der Waals surface area contributed by atoms with Crippen LogP contribution in [0.1, 0.15) is 27.0 Å². The van der Waals surface area contributed by atoms with Crippen molar-refractivity contribution in [3.05, 3.63) is 67.4 Å². The highest BCUT2D eigenvalue weighted by molar-refractivity contribution is 7.98. The molecule has 164 valence electrons. The molecular weight excluding hydrogens is 420 g/mol. The molecule has 9 heteroatoms. The summed E-state index contributed by atoms with van der Waals surface area (Å²) in [6.45, 7) is 3.42. The topological polar surface area (TPSA) is 91.0 Å². The molecule has 0 aliphatic carbocycles. The van der Waals surface area contributed by atoms with E-state index in [1.54, 1.807) is 11.8 Å². The second-order valence-electron chi connectivity index (χ2n) is 7.24. The Bertz CT molecular complexity index is 825. The summed E-state index contributed by atoms with van der Waals surface area (Å²) in [5.74, 6) is 2.04. The lowest BCUT2D eigenvalue weighted by Crippen LogP contribution is -2.32. The van der Waals surface area contributed by atoms with Crippen LogP contribution in [0.3, 0.4) is 0 Å². The molecule has 1 atom stereocenters. The molecule has 0 radical (unpaired) electrons.